The fourth-order valence-electron chi connectivity index (χ4n) is 3.67. The summed E-state index contributed by atoms with van der Waals surface area (Å²) in [5.74, 6) is 0.900. The number of nitrogens with zero attached hydrogens (tertiary/aromatic N) is 4. The number of unbranched alkanes of at least 4 members (excludes halogenated alkanes) is 1. The highest BCUT2D eigenvalue weighted by Gasteiger charge is 2.32. The highest BCUT2D eigenvalue weighted by atomic mass is 16.2. The molecule has 138 valence electrons. The van der Waals surface area contributed by atoms with E-state index in [0.29, 0.717) is 13.1 Å². The Bertz CT molecular complexity index is 594. The summed E-state index contributed by atoms with van der Waals surface area (Å²) in [6.45, 7) is 5.90. The number of nitrogens with one attached hydrogen (secondary N) is 1. The van der Waals surface area contributed by atoms with Gasteiger partial charge in [-0.1, -0.05) is 13.3 Å². The number of piperidine rings is 1. The van der Waals surface area contributed by atoms with Crippen LogP contribution in [0.2, 0.25) is 0 Å². The van der Waals surface area contributed by atoms with Gasteiger partial charge >= 0.3 is 6.03 Å². The zero-order valence-corrected chi connectivity index (χ0v) is 15.1. The molecule has 7 nitrogen and oxygen atoms in total. The number of hydrogen-bond donors (Lipinski definition) is 1. The van der Waals surface area contributed by atoms with Gasteiger partial charge in [-0.2, -0.15) is 5.10 Å². The number of amides is 3. The third kappa shape index (κ3) is 4.32. The lowest BCUT2D eigenvalue weighted by Gasteiger charge is -2.33. The number of carbonyl (C=O) groups is 2. The fourth-order valence-corrected chi connectivity index (χ4v) is 3.67. The van der Waals surface area contributed by atoms with E-state index < -0.39 is 0 Å². The number of likely N-dealkylation sites (tertiary alicyclic amines) is 2. The predicted molar refractivity (Wildman–Crippen MR) is 96.3 cm³/mol. The molecule has 1 N–H and O–H groups in total. The molecule has 3 heterocycles. The van der Waals surface area contributed by atoms with Crippen LogP contribution in [0.1, 0.15) is 45.4 Å². The van der Waals surface area contributed by atoms with Crippen molar-refractivity contribution >= 4 is 17.8 Å². The van der Waals surface area contributed by atoms with Crippen molar-refractivity contribution in [3.05, 3.63) is 12.3 Å². The van der Waals surface area contributed by atoms with E-state index in [1.54, 1.807) is 11.1 Å². The van der Waals surface area contributed by atoms with Crippen LogP contribution in [0.25, 0.3) is 0 Å². The lowest BCUT2D eigenvalue weighted by atomic mass is 9.97. The predicted octanol–water partition coefficient (Wildman–Crippen LogP) is 2.55. The minimum Gasteiger partial charge on any atom is -0.342 e. The molecule has 0 spiro atoms. The van der Waals surface area contributed by atoms with Gasteiger partial charge in [0.25, 0.3) is 0 Å². The van der Waals surface area contributed by atoms with Gasteiger partial charge in [-0.25, -0.2) is 9.48 Å². The van der Waals surface area contributed by atoms with Crippen LogP contribution in [0.5, 0.6) is 0 Å². The van der Waals surface area contributed by atoms with Crippen molar-refractivity contribution in [1.29, 1.82) is 0 Å². The minimum absolute atomic E-state index is 0.0531. The maximum atomic E-state index is 12.6. The Balaban J connectivity index is 1.56. The minimum atomic E-state index is -0.128. The van der Waals surface area contributed by atoms with Crippen molar-refractivity contribution in [3.8, 4) is 0 Å². The van der Waals surface area contributed by atoms with E-state index in [4.69, 9.17) is 0 Å². The number of anilines is 1. The largest absolute Gasteiger partial charge is 0.342 e. The van der Waals surface area contributed by atoms with Crippen LogP contribution < -0.4 is 5.32 Å². The highest BCUT2D eigenvalue weighted by molar-refractivity contribution is 5.89. The average molecular weight is 347 g/mol. The highest BCUT2D eigenvalue weighted by Crippen LogP contribution is 2.22. The summed E-state index contributed by atoms with van der Waals surface area (Å²) in [4.78, 5) is 29.0. The summed E-state index contributed by atoms with van der Waals surface area (Å²) in [6.07, 6.45) is 7.79. The van der Waals surface area contributed by atoms with Gasteiger partial charge in [0.1, 0.15) is 5.82 Å². The zero-order chi connectivity index (χ0) is 17.6. The van der Waals surface area contributed by atoms with E-state index in [9.17, 15) is 9.59 Å². The van der Waals surface area contributed by atoms with E-state index in [2.05, 4.69) is 17.3 Å². The van der Waals surface area contributed by atoms with Crippen molar-refractivity contribution in [3.63, 3.8) is 0 Å². The van der Waals surface area contributed by atoms with Crippen LogP contribution in [0.4, 0.5) is 10.6 Å². The molecule has 0 bridgehead atoms. The van der Waals surface area contributed by atoms with Crippen LogP contribution in [0, 0.1) is 5.92 Å². The van der Waals surface area contributed by atoms with E-state index >= 15 is 0 Å². The molecular weight excluding hydrogens is 318 g/mol. The van der Waals surface area contributed by atoms with Crippen LogP contribution >= 0.6 is 0 Å². The van der Waals surface area contributed by atoms with E-state index in [-0.39, 0.29) is 17.9 Å². The van der Waals surface area contributed by atoms with Gasteiger partial charge in [-0.05, 0) is 32.1 Å². The van der Waals surface area contributed by atoms with E-state index in [1.165, 1.54) is 0 Å². The van der Waals surface area contributed by atoms with E-state index in [0.717, 1.165) is 64.0 Å². The molecule has 25 heavy (non-hydrogen) atoms. The van der Waals surface area contributed by atoms with Crippen molar-refractivity contribution < 1.29 is 9.59 Å². The quantitative estimate of drug-likeness (QED) is 0.890. The second-order valence-corrected chi connectivity index (χ2v) is 7.04. The molecule has 0 aliphatic carbocycles. The van der Waals surface area contributed by atoms with Gasteiger partial charge in [0.2, 0.25) is 5.91 Å². The number of aryl methyl sites for hydroxylation is 1. The van der Waals surface area contributed by atoms with Gasteiger partial charge in [0.15, 0.2) is 0 Å². The Morgan fingerprint density at radius 1 is 1.20 bits per heavy atom. The van der Waals surface area contributed by atoms with Crippen molar-refractivity contribution in [2.45, 2.75) is 52.0 Å². The van der Waals surface area contributed by atoms with Gasteiger partial charge in [-0.3, -0.25) is 10.1 Å². The van der Waals surface area contributed by atoms with Gasteiger partial charge in [-0.15, -0.1) is 0 Å². The van der Waals surface area contributed by atoms with Crippen molar-refractivity contribution in [1.82, 2.24) is 19.6 Å². The third-order valence-electron chi connectivity index (χ3n) is 5.15. The lowest BCUT2D eigenvalue weighted by molar-refractivity contribution is -0.135. The topological polar surface area (TPSA) is 70.5 Å². The van der Waals surface area contributed by atoms with Crippen molar-refractivity contribution in [2.24, 2.45) is 5.92 Å². The molecule has 0 saturated carbocycles. The van der Waals surface area contributed by atoms with Gasteiger partial charge < -0.3 is 9.80 Å². The number of aromatic nitrogens is 2. The third-order valence-corrected chi connectivity index (χ3v) is 5.15. The maximum Gasteiger partial charge on any atom is 0.323 e. The molecule has 0 aromatic carbocycles. The molecule has 0 radical (unpaired) electrons. The Kier molecular flexibility index (Phi) is 5.94. The average Bonchev–Trinajstić information content (AvgIpc) is 3.31. The smallest absolute Gasteiger partial charge is 0.323 e. The fraction of sp³-hybridized carbons (Fsp3) is 0.722. The molecule has 2 aliphatic rings. The monoisotopic (exact) mass is 347 g/mol. The number of hydrogen-bond acceptors (Lipinski definition) is 3. The summed E-state index contributed by atoms with van der Waals surface area (Å²) in [7, 11) is 0. The van der Waals surface area contributed by atoms with Gasteiger partial charge in [0, 0.05) is 38.8 Å². The molecule has 2 aliphatic heterocycles. The second kappa shape index (κ2) is 8.36. The molecular formula is C18H29N5O2. The molecule has 3 amide bonds. The number of urea groups is 1. The Morgan fingerprint density at radius 2 is 1.96 bits per heavy atom. The molecule has 2 fully saturated rings. The normalized spacial score (nSPS) is 20.8. The first kappa shape index (κ1) is 17.8. The Labute approximate surface area is 149 Å². The Hall–Kier alpha value is -2.05. The standard InChI is InChI=1S/C18H29N5O2/c1-2-3-13-23-16(8-9-19-23)20-18(25)22-12-6-7-15(14-22)17(24)21-10-4-5-11-21/h8-9,15H,2-7,10-14H2,1H3,(H,20,25)/t15-/m1/s1. The second-order valence-electron chi connectivity index (χ2n) is 7.04. The van der Waals surface area contributed by atoms with Crippen LogP contribution in [-0.2, 0) is 11.3 Å². The van der Waals surface area contributed by atoms with E-state index in [1.807, 2.05) is 15.6 Å². The molecule has 1 aromatic rings. The van der Waals surface area contributed by atoms with Crippen molar-refractivity contribution in [2.75, 3.05) is 31.5 Å². The molecule has 7 heteroatoms. The molecule has 3 rings (SSSR count). The molecule has 2 saturated heterocycles. The lowest BCUT2D eigenvalue weighted by Crippen LogP contribution is -2.47. The first-order chi connectivity index (χ1) is 12.2. The summed E-state index contributed by atoms with van der Waals surface area (Å²) < 4.78 is 1.83. The number of carbonyl (C=O) groups excluding carboxylic acids is 2. The van der Waals surface area contributed by atoms with Crippen LogP contribution in [0.3, 0.4) is 0 Å². The summed E-state index contributed by atoms with van der Waals surface area (Å²) in [5, 5.41) is 7.23. The SMILES string of the molecule is CCCCn1nccc1NC(=O)N1CCC[C@@H](C(=O)N2CCCC2)C1. The first-order valence-electron chi connectivity index (χ1n) is 9.55. The molecule has 1 aromatic heterocycles. The molecule has 0 unspecified atom stereocenters. The number of rotatable bonds is 5. The Morgan fingerprint density at radius 3 is 2.72 bits per heavy atom. The van der Waals surface area contributed by atoms with Gasteiger partial charge in [0.05, 0.1) is 12.1 Å². The zero-order valence-electron chi connectivity index (χ0n) is 15.1. The summed E-state index contributed by atoms with van der Waals surface area (Å²) in [6, 6.07) is 1.70. The maximum absolute atomic E-state index is 12.6. The van der Waals surface area contributed by atoms with Crippen LogP contribution in [-0.4, -0.2) is 57.7 Å². The summed E-state index contributed by atoms with van der Waals surface area (Å²) in [5.41, 5.74) is 0. The van der Waals surface area contributed by atoms with Crippen LogP contribution in [0.15, 0.2) is 12.3 Å². The summed E-state index contributed by atoms with van der Waals surface area (Å²) >= 11 is 0. The molecule has 1 atom stereocenters. The first-order valence-corrected chi connectivity index (χ1v) is 9.55.